The van der Waals surface area contributed by atoms with Crippen LogP contribution in [0.2, 0.25) is 5.02 Å². The van der Waals surface area contributed by atoms with Gasteiger partial charge < -0.3 is 10.4 Å². The van der Waals surface area contributed by atoms with Crippen LogP contribution in [0.4, 0.5) is 10.2 Å². The number of aliphatic hydroxyl groups is 1. The summed E-state index contributed by atoms with van der Waals surface area (Å²) in [4.78, 5) is 3.98. The minimum atomic E-state index is -0.890. The normalized spacial score (nSPS) is 11.7. The van der Waals surface area contributed by atoms with Crippen LogP contribution in [0.15, 0.2) is 36.5 Å². The molecule has 102 valence electrons. The Bertz CT molecular complexity index is 657. The summed E-state index contributed by atoms with van der Waals surface area (Å²) in [5.41, 5.74) is 0.813. The highest BCUT2D eigenvalue weighted by Crippen LogP contribution is 2.21. The summed E-state index contributed by atoms with van der Waals surface area (Å²) in [5.74, 6) is -0.0443. The smallest absolute Gasteiger partial charge is 0.144 e. The van der Waals surface area contributed by atoms with Gasteiger partial charge in [-0.3, -0.25) is 0 Å². The van der Waals surface area contributed by atoms with Gasteiger partial charge in [0, 0.05) is 12.7 Å². The number of nitrogens with zero attached hydrogens (tertiary/aromatic N) is 2. The Labute approximate surface area is 120 Å². The number of hydrogen-bond donors (Lipinski definition) is 2. The summed E-state index contributed by atoms with van der Waals surface area (Å²) < 4.78 is 13.0. The molecule has 0 aliphatic rings. The first kappa shape index (κ1) is 14.3. The summed E-state index contributed by atoms with van der Waals surface area (Å²) in [5, 5.41) is 21.8. The van der Waals surface area contributed by atoms with Crippen molar-refractivity contribution in [1.82, 2.24) is 4.98 Å². The van der Waals surface area contributed by atoms with Crippen molar-refractivity contribution in [3.05, 3.63) is 58.5 Å². The number of hydrogen-bond acceptors (Lipinski definition) is 4. The number of benzene rings is 1. The second-order valence-electron chi connectivity index (χ2n) is 4.12. The summed E-state index contributed by atoms with van der Waals surface area (Å²) in [7, 11) is 0. The van der Waals surface area contributed by atoms with E-state index in [1.165, 1.54) is 30.5 Å². The lowest BCUT2D eigenvalue weighted by molar-refractivity contribution is 0.191. The Morgan fingerprint density at radius 2 is 2.25 bits per heavy atom. The number of pyridine rings is 1. The van der Waals surface area contributed by atoms with E-state index in [9.17, 15) is 9.50 Å². The summed E-state index contributed by atoms with van der Waals surface area (Å²) in [6.07, 6.45) is 0.488. The number of aromatic nitrogens is 1. The monoisotopic (exact) mass is 291 g/mol. The zero-order valence-electron chi connectivity index (χ0n) is 10.3. The van der Waals surface area contributed by atoms with Crippen LogP contribution in [0.5, 0.6) is 0 Å². The van der Waals surface area contributed by atoms with Gasteiger partial charge in [-0.1, -0.05) is 23.7 Å². The molecule has 0 radical (unpaired) electrons. The summed E-state index contributed by atoms with van der Waals surface area (Å²) >= 11 is 5.95. The topological polar surface area (TPSA) is 68.9 Å². The van der Waals surface area contributed by atoms with Gasteiger partial charge in [-0.15, -0.1) is 0 Å². The number of rotatable bonds is 4. The van der Waals surface area contributed by atoms with Crippen LogP contribution >= 0.6 is 11.6 Å². The summed E-state index contributed by atoms with van der Waals surface area (Å²) in [6, 6.07) is 9.13. The average molecular weight is 292 g/mol. The first-order valence-corrected chi connectivity index (χ1v) is 6.21. The molecule has 1 heterocycles. The molecule has 20 heavy (non-hydrogen) atoms. The molecule has 0 unspecified atom stereocenters. The lowest BCUT2D eigenvalue weighted by atomic mass is 10.1. The van der Waals surface area contributed by atoms with Gasteiger partial charge in [0.1, 0.15) is 17.7 Å². The van der Waals surface area contributed by atoms with E-state index in [0.717, 1.165) is 0 Å². The van der Waals surface area contributed by atoms with Crippen molar-refractivity contribution < 1.29 is 9.50 Å². The zero-order valence-corrected chi connectivity index (χ0v) is 11.1. The van der Waals surface area contributed by atoms with Gasteiger partial charge in [0.2, 0.25) is 0 Å². The molecule has 2 rings (SSSR count). The first-order chi connectivity index (χ1) is 9.60. The van der Waals surface area contributed by atoms with E-state index in [2.05, 4.69) is 10.3 Å². The molecule has 0 fully saturated rings. The second-order valence-corrected chi connectivity index (χ2v) is 4.53. The lowest BCUT2D eigenvalue weighted by Crippen LogP contribution is -2.13. The Hall–Kier alpha value is -2.16. The van der Waals surface area contributed by atoms with E-state index in [1.54, 1.807) is 6.07 Å². The fourth-order valence-electron chi connectivity index (χ4n) is 1.65. The van der Waals surface area contributed by atoms with E-state index in [0.29, 0.717) is 16.9 Å². The minimum absolute atomic E-state index is 0.127. The highest BCUT2D eigenvalue weighted by molar-refractivity contribution is 6.33. The first-order valence-electron chi connectivity index (χ1n) is 5.83. The molecule has 0 saturated carbocycles. The predicted molar refractivity (Wildman–Crippen MR) is 73.8 cm³/mol. The number of halogens is 2. The minimum Gasteiger partial charge on any atom is -0.387 e. The Kier molecular flexibility index (Phi) is 4.51. The maximum atomic E-state index is 13.0. The van der Waals surface area contributed by atoms with Gasteiger partial charge in [0.05, 0.1) is 16.7 Å². The van der Waals surface area contributed by atoms with Gasteiger partial charge in [0.15, 0.2) is 0 Å². The van der Waals surface area contributed by atoms with E-state index < -0.39 is 11.9 Å². The molecule has 1 aromatic carbocycles. The molecule has 0 aliphatic heterocycles. The van der Waals surface area contributed by atoms with Gasteiger partial charge in [-0.2, -0.15) is 5.26 Å². The molecule has 0 spiro atoms. The number of nitriles is 1. The van der Waals surface area contributed by atoms with Crippen LogP contribution in [0.25, 0.3) is 0 Å². The number of aliphatic hydroxyl groups excluding tert-OH is 1. The maximum absolute atomic E-state index is 13.0. The van der Waals surface area contributed by atoms with Crippen LogP contribution in [0.1, 0.15) is 17.2 Å². The zero-order chi connectivity index (χ0) is 14.5. The number of anilines is 1. The molecule has 1 atom stereocenters. The second kappa shape index (κ2) is 6.33. The van der Waals surface area contributed by atoms with Crippen molar-refractivity contribution in [3.8, 4) is 6.07 Å². The van der Waals surface area contributed by atoms with Gasteiger partial charge in [-0.05, 0) is 23.8 Å². The van der Waals surface area contributed by atoms with Crippen LogP contribution in [0, 0.1) is 17.1 Å². The van der Waals surface area contributed by atoms with Crippen molar-refractivity contribution in [1.29, 1.82) is 5.26 Å². The quantitative estimate of drug-likeness (QED) is 0.909. The summed E-state index contributed by atoms with van der Waals surface area (Å²) in [6.45, 7) is 0.127. The average Bonchev–Trinajstić information content (AvgIpc) is 2.45. The van der Waals surface area contributed by atoms with Crippen LogP contribution in [0.3, 0.4) is 0 Å². The van der Waals surface area contributed by atoms with Gasteiger partial charge >= 0.3 is 0 Å². The third-order valence-corrected chi connectivity index (χ3v) is 2.95. The van der Waals surface area contributed by atoms with Gasteiger partial charge in [0.25, 0.3) is 0 Å². The predicted octanol–water partition coefficient (Wildman–Crippen LogP) is 2.89. The Morgan fingerprint density at radius 3 is 2.90 bits per heavy atom. The maximum Gasteiger partial charge on any atom is 0.144 e. The van der Waals surface area contributed by atoms with Crippen molar-refractivity contribution in [3.63, 3.8) is 0 Å². The number of nitrogens with one attached hydrogen (secondary N) is 1. The highest BCUT2D eigenvalue weighted by Gasteiger charge is 2.10. The molecule has 0 amide bonds. The highest BCUT2D eigenvalue weighted by atomic mass is 35.5. The molecule has 0 saturated heterocycles. The molecule has 0 aliphatic carbocycles. The van der Waals surface area contributed by atoms with Crippen molar-refractivity contribution in [2.24, 2.45) is 0 Å². The molecule has 6 heteroatoms. The van der Waals surface area contributed by atoms with Crippen LogP contribution < -0.4 is 5.32 Å². The van der Waals surface area contributed by atoms with Crippen molar-refractivity contribution >= 4 is 17.4 Å². The SMILES string of the molecule is N#Cc1cnc(NC[C@H](O)c2cccc(F)c2)c(Cl)c1. The largest absolute Gasteiger partial charge is 0.387 e. The molecule has 1 aromatic heterocycles. The molecular weight excluding hydrogens is 281 g/mol. The molecule has 4 nitrogen and oxygen atoms in total. The fourth-order valence-corrected chi connectivity index (χ4v) is 1.89. The lowest BCUT2D eigenvalue weighted by Gasteiger charge is -2.13. The molecule has 0 bridgehead atoms. The third-order valence-electron chi connectivity index (χ3n) is 2.67. The van der Waals surface area contributed by atoms with E-state index in [1.807, 2.05) is 6.07 Å². The van der Waals surface area contributed by atoms with Gasteiger partial charge in [-0.25, -0.2) is 9.37 Å². The van der Waals surface area contributed by atoms with E-state index in [-0.39, 0.29) is 11.6 Å². The van der Waals surface area contributed by atoms with Crippen LogP contribution in [-0.2, 0) is 0 Å². The fraction of sp³-hybridized carbons (Fsp3) is 0.143. The standard InChI is InChI=1S/C14H11ClFN3O/c15-12-4-9(6-17)7-18-14(12)19-8-13(20)10-2-1-3-11(16)5-10/h1-5,7,13,20H,8H2,(H,18,19)/t13-/m0/s1. The van der Waals surface area contributed by atoms with Crippen LogP contribution in [-0.4, -0.2) is 16.6 Å². The van der Waals surface area contributed by atoms with Crippen molar-refractivity contribution in [2.75, 3.05) is 11.9 Å². The molecule has 2 N–H and O–H groups in total. The van der Waals surface area contributed by atoms with Crippen molar-refractivity contribution in [2.45, 2.75) is 6.10 Å². The Balaban J connectivity index is 2.04. The third kappa shape index (κ3) is 3.44. The Morgan fingerprint density at radius 1 is 1.45 bits per heavy atom. The molecule has 2 aromatic rings. The molecular formula is C14H11ClFN3O. The van der Waals surface area contributed by atoms with E-state index >= 15 is 0 Å². The van der Waals surface area contributed by atoms with E-state index in [4.69, 9.17) is 16.9 Å².